The van der Waals surface area contributed by atoms with E-state index in [1.807, 2.05) is 5.38 Å². The zero-order valence-corrected chi connectivity index (χ0v) is 8.15. The molecule has 1 heterocycles. The number of carbonyl (C=O) groups excluding carboxylic acids is 1. The van der Waals surface area contributed by atoms with Crippen LogP contribution in [0.25, 0.3) is 0 Å². The van der Waals surface area contributed by atoms with E-state index < -0.39 is 0 Å². The van der Waals surface area contributed by atoms with Gasteiger partial charge in [-0.3, -0.25) is 4.79 Å². The Labute approximate surface area is 76.4 Å². The zero-order chi connectivity index (χ0) is 8.72. The van der Waals surface area contributed by atoms with Crippen molar-refractivity contribution < 1.29 is 4.79 Å². The monoisotopic (exact) mass is 180 g/mol. The third-order valence-corrected chi connectivity index (χ3v) is 3.52. The topological polar surface area (TPSA) is 17.1 Å². The summed E-state index contributed by atoms with van der Waals surface area (Å²) in [6, 6.07) is 2.08. The summed E-state index contributed by atoms with van der Waals surface area (Å²) in [6.45, 7) is 4.25. The number of Topliss-reactive ketones (excluding diaryl/α,β-unsaturated/α-hetero) is 1. The van der Waals surface area contributed by atoms with Crippen molar-refractivity contribution in [2.75, 3.05) is 0 Å². The molecule has 1 aliphatic carbocycles. The predicted molar refractivity (Wildman–Crippen MR) is 50.7 cm³/mol. The lowest BCUT2D eigenvalue weighted by Crippen LogP contribution is -2.15. The van der Waals surface area contributed by atoms with Gasteiger partial charge < -0.3 is 0 Å². The van der Waals surface area contributed by atoms with Crippen LogP contribution < -0.4 is 0 Å². The minimum atomic E-state index is 0.257. The molecule has 2 heteroatoms. The van der Waals surface area contributed by atoms with Gasteiger partial charge in [0.05, 0.1) is 4.88 Å². The molecular formula is C10H12OS. The number of carbonyl (C=O) groups is 1. The minimum absolute atomic E-state index is 0.257. The molecule has 0 saturated carbocycles. The zero-order valence-electron chi connectivity index (χ0n) is 7.33. The van der Waals surface area contributed by atoms with Crippen LogP contribution in [-0.2, 0) is 6.42 Å². The lowest BCUT2D eigenvalue weighted by molar-refractivity contribution is 0.0909. The fraction of sp³-hybridized carbons (Fsp3) is 0.500. The highest BCUT2D eigenvalue weighted by Gasteiger charge is 2.33. The maximum atomic E-state index is 11.7. The Balaban J connectivity index is 2.33. The van der Waals surface area contributed by atoms with Crippen molar-refractivity contribution in [2.45, 2.75) is 20.3 Å². The molecule has 0 amide bonds. The number of hydrogen-bond donors (Lipinski definition) is 0. The first-order valence-electron chi connectivity index (χ1n) is 4.30. The summed E-state index contributed by atoms with van der Waals surface area (Å²) in [6.07, 6.45) is 0.968. The van der Waals surface area contributed by atoms with Crippen LogP contribution in [0.15, 0.2) is 11.4 Å². The van der Waals surface area contributed by atoms with E-state index in [2.05, 4.69) is 19.9 Å². The molecule has 2 rings (SSSR count). The molecule has 64 valence electrons. The third kappa shape index (κ3) is 1.02. The van der Waals surface area contributed by atoms with Crippen molar-refractivity contribution >= 4 is 17.1 Å². The van der Waals surface area contributed by atoms with Crippen LogP contribution in [0, 0.1) is 11.8 Å². The van der Waals surface area contributed by atoms with Crippen molar-refractivity contribution in [3.63, 3.8) is 0 Å². The van der Waals surface area contributed by atoms with Gasteiger partial charge in [-0.05, 0) is 29.3 Å². The van der Waals surface area contributed by atoms with E-state index in [1.54, 1.807) is 11.3 Å². The van der Waals surface area contributed by atoms with Gasteiger partial charge in [0, 0.05) is 5.92 Å². The van der Waals surface area contributed by atoms with E-state index >= 15 is 0 Å². The fourth-order valence-corrected chi connectivity index (χ4v) is 2.69. The van der Waals surface area contributed by atoms with E-state index in [-0.39, 0.29) is 5.92 Å². The second kappa shape index (κ2) is 2.70. The lowest BCUT2D eigenvalue weighted by atomic mass is 9.93. The van der Waals surface area contributed by atoms with Gasteiger partial charge in [-0.1, -0.05) is 13.8 Å². The molecule has 0 N–H and O–H groups in total. The Hall–Kier alpha value is -0.630. The second-order valence-electron chi connectivity index (χ2n) is 3.69. The predicted octanol–water partition coefficient (Wildman–Crippen LogP) is 2.76. The van der Waals surface area contributed by atoms with E-state index in [0.717, 1.165) is 11.3 Å². The molecule has 0 fully saturated rings. The smallest absolute Gasteiger partial charge is 0.176 e. The molecule has 0 radical (unpaired) electrons. The maximum absolute atomic E-state index is 11.7. The Morgan fingerprint density at radius 1 is 1.58 bits per heavy atom. The summed E-state index contributed by atoms with van der Waals surface area (Å²) in [5.74, 6) is 1.11. The first kappa shape index (κ1) is 7.99. The molecule has 12 heavy (non-hydrogen) atoms. The normalized spacial score (nSPS) is 21.9. The molecule has 0 saturated heterocycles. The largest absolute Gasteiger partial charge is 0.293 e. The molecule has 1 atom stereocenters. The number of fused-ring (bicyclic) bond motifs is 1. The first-order chi connectivity index (χ1) is 5.70. The fourth-order valence-electron chi connectivity index (χ4n) is 1.75. The Morgan fingerprint density at radius 3 is 2.92 bits per heavy atom. The molecule has 1 aromatic heterocycles. The van der Waals surface area contributed by atoms with Crippen LogP contribution in [0.5, 0.6) is 0 Å². The van der Waals surface area contributed by atoms with Crippen molar-refractivity contribution in [1.82, 2.24) is 0 Å². The average Bonchev–Trinajstić information content (AvgIpc) is 2.53. The molecular weight excluding hydrogens is 168 g/mol. The highest BCUT2D eigenvalue weighted by Crippen LogP contribution is 2.34. The number of rotatable bonds is 1. The van der Waals surface area contributed by atoms with Crippen LogP contribution in [0.1, 0.15) is 29.1 Å². The summed E-state index contributed by atoms with van der Waals surface area (Å²) >= 11 is 1.59. The molecule has 1 nitrogen and oxygen atoms in total. The van der Waals surface area contributed by atoms with Crippen LogP contribution in [-0.4, -0.2) is 5.78 Å². The number of ketones is 1. The molecule has 0 aliphatic heterocycles. The van der Waals surface area contributed by atoms with Gasteiger partial charge in [-0.25, -0.2) is 0 Å². The molecule has 0 bridgehead atoms. The Kier molecular flexibility index (Phi) is 1.80. The van der Waals surface area contributed by atoms with Crippen LogP contribution in [0.4, 0.5) is 0 Å². The van der Waals surface area contributed by atoms with E-state index in [4.69, 9.17) is 0 Å². The summed E-state index contributed by atoms with van der Waals surface area (Å²) in [5, 5.41) is 2.01. The van der Waals surface area contributed by atoms with Gasteiger partial charge in [0.25, 0.3) is 0 Å². The van der Waals surface area contributed by atoms with Gasteiger partial charge in [0.2, 0.25) is 0 Å². The molecule has 1 aliphatic rings. The average molecular weight is 180 g/mol. The van der Waals surface area contributed by atoms with Gasteiger partial charge in [-0.15, -0.1) is 11.3 Å². The Morgan fingerprint density at radius 2 is 2.33 bits per heavy atom. The van der Waals surface area contributed by atoms with Crippen LogP contribution >= 0.6 is 11.3 Å². The quantitative estimate of drug-likeness (QED) is 0.649. The molecule has 1 unspecified atom stereocenters. The van der Waals surface area contributed by atoms with Gasteiger partial charge in [0.15, 0.2) is 5.78 Å². The van der Waals surface area contributed by atoms with E-state index in [0.29, 0.717) is 11.7 Å². The van der Waals surface area contributed by atoms with E-state index in [9.17, 15) is 4.79 Å². The second-order valence-corrected chi connectivity index (χ2v) is 4.61. The number of hydrogen-bond acceptors (Lipinski definition) is 2. The molecule has 1 aromatic rings. The van der Waals surface area contributed by atoms with Crippen molar-refractivity contribution in [3.05, 3.63) is 21.9 Å². The maximum Gasteiger partial charge on any atom is 0.176 e. The third-order valence-electron chi connectivity index (χ3n) is 2.55. The van der Waals surface area contributed by atoms with Crippen molar-refractivity contribution in [1.29, 1.82) is 0 Å². The van der Waals surface area contributed by atoms with Gasteiger partial charge in [0.1, 0.15) is 0 Å². The highest BCUT2D eigenvalue weighted by atomic mass is 32.1. The van der Waals surface area contributed by atoms with Gasteiger partial charge >= 0.3 is 0 Å². The van der Waals surface area contributed by atoms with Crippen LogP contribution in [0.2, 0.25) is 0 Å². The Bertz CT molecular complexity index is 311. The summed E-state index contributed by atoms with van der Waals surface area (Å²) in [5.41, 5.74) is 1.27. The minimum Gasteiger partial charge on any atom is -0.293 e. The standard InChI is InChI=1S/C10H12OS/c1-6(2)8-5-7-3-4-12-10(7)9(8)11/h3-4,6,8H,5H2,1-2H3. The van der Waals surface area contributed by atoms with Crippen LogP contribution in [0.3, 0.4) is 0 Å². The number of thiophene rings is 1. The summed E-state index contributed by atoms with van der Waals surface area (Å²) in [7, 11) is 0. The first-order valence-corrected chi connectivity index (χ1v) is 5.18. The molecule has 0 aromatic carbocycles. The van der Waals surface area contributed by atoms with Crippen molar-refractivity contribution in [2.24, 2.45) is 11.8 Å². The lowest BCUT2D eigenvalue weighted by Gasteiger charge is -2.10. The summed E-state index contributed by atoms with van der Waals surface area (Å²) < 4.78 is 0. The SMILES string of the molecule is CC(C)C1Cc2ccsc2C1=O. The summed E-state index contributed by atoms with van der Waals surface area (Å²) in [4.78, 5) is 12.7. The van der Waals surface area contributed by atoms with Crippen molar-refractivity contribution in [3.8, 4) is 0 Å². The molecule has 0 spiro atoms. The van der Waals surface area contributed by atoms with E-state index in [1.165, 1.54) is 5.56 Å². The highest BCUT2D eigenvalue weighted by molar-refractivity contribution is 7.12. The van der Waals surface area contributed by atoms with Gasteiger partial charge in [-0.2, -0.15) is 0 Å².